The third-order valence-corrected chi connectivity index (χ3v) is 4.84. The molecule has 0 N–H and O–H groups in total. The van der Waals surface area contributed by atoms with Crippen molar-refractivity contribution in [3.8, 4) is 0 Å². The lowest BCUT2D eigenvalue weighted by Gasteiger charge is -2.36. The number of halogens is 1. The summed E-state index contributed by atoms with van der Waals surface area (Å²) in [5.74, 6) is 0.865. The summed E-state index contributed by atoms with van der Waals surface area (Å²) < 4.78 is 1.25. The fraction of sp³-hybridized carbons (Fsp3) is 0.667. The standard InChI is InChI=1S/C12H18BrNS/c1-9-3-4-10(2)14(7-9)8-11-5-6-12(13)15-11/h5-6,9-10H,3-4,7-8H2,1-2H3. The molecule has 3 heteroatoms. The quantitative estimate of drug-likeness (QED) is 0.791. The van der Waals surface area contributed by atoms with Gasteiger partial charge in [0.05, 0.1) is 3.79 Å². The van der Waals surface area contributed by atoms with Crippen LogP contribution in [-0.2, 0) is 6.54 Å². The normalized spacial score (nSPS) is 28.2. The maximum absolute atomic E-state index is 3.52. The third-order valence-electron chi connectivity index (χ3n) is 3.23. The van der Waals surface area contributed by atoms with Crippen LogP contribution in [0, 0.1) is 5.92 Å². The third kappa shape index (κ3) is 3.05. The van der Waals surface area contributed by atoms with Crippen LogP contribution in [0.4, 0.5) is 0 Å². The molecule has 1 aromatic heterocycles. The lowest BCUT2D eigenvalue weighted by atomic mass is 9.95. The Kier molecular flexibility index (Phi) is 3.86. The molecule has 2 atom stereocenters. The first-order chi connectivity index (χ1) is 7.15. The van der Waals surface area contributed by atoms with Crippen LogP contribution in [0.2, 0.25) is 0 Å². The summed E-state index contributed by atoms with van der Waals surface area (Å²) in [7, 11) is 0. The van der Waals surface area contributed by atoms with E-state index < -0.39 is 0 Å². The molecule has 0 amide bonds. The van der Waals surface area contributed by atoms with Crippen molar-refractivity contribution in [1.29, 1.82) is 0 Å². The van der Waals surface area contributed by atoms with E-state index in [9.17, 15) is 0 Å². The van der Waals surface area contributed by atoms with Crippen LogP contribution in [-0.4, -0.2) is 17.5 Å². The first kappa shape index (κ1) is 11.6. The topological polar surface area (TPSA) is 3.24 Å². The van der Waals surface area contributed by atoms with Crippen LogP contribution in [0.3, 0.4) is 0 Å². The summed E-state index contributed by atoms with van der Waals surface area (Å²) >= 11 is 5.38. The van der Waals surface area contributed by atoms with Crippen LogP contribution < -0.4 is 0 Å². The molecule has 2 unspecified atom stereocenters. The molecule has 84 valence electrons. The van der Waals surface area contributed by atoms with Crippen molar-refractivity contribution in [2.75, 3.05) is 6.54 Å². The van der Waals surface area contributed by atoms with Gasteiger partial charge in [-0.3, -0.25) is 4.90 Å². The summed E-state index contributed by atoms with van der Waals surface area (Å²) in [6.45, 7) is 7.11. The van der Waals surface area contributed by atoms with Gasteiger partial charge in [0.25, 0.3) is 0 Å². The highest BCUT2D eigenvalue weighted by Gasteiger charge is 2.22. The molecule has 1 aliphatic heterocycles. The lowest BCUT2D eigenvalue weighted by Crippen LogP contribution is -2.40. The predicted molar refractivity (Wildman–Crippen MR) is 70.3 cm³/mol. The Morgan fingerprint density at radius 3 is 2.87 bits per heavy atom. The molecule has 0 spiro atoms. The van der Waals surface area contributed by atoms with E-state index in [0.29, 0.717) is 0 Å². The smallest absolute Gasteiger partial charge is 0.0701 e. The number of piperidine rings is 1. The summed E-state index contributed by atoms with van der Waals surface area (Å²) in [6.07, 6.45) is 2.75. The maximum Gasteiger partial charge on any atom is 0.0701 e. The van der Waals surface area contributed by atoms with Gasteiger partial charge in [0.2, 0.25) is 0 Å². The van der Waals surface area contributed by atoms with Crippen LogP contribution in [0.15, 0.2) is 15.9 Å². The predicted octanol–water partition coefficient (Wildman–Crippen LogP) is 4.13. The Bertz CT molecular complexity index is 323. The minimum Gasteiger partial charge on any atom is -0.295 e. The number of likely N-dealkylation sites (tertiary alicyclic amines) is 1. The molecular weight excluding hydrogens is 270 g/mol. The molecule has 1 aromatic rings. The van der Waals surface area contributed by atoms with Gasteiger partial charge >= 0.3 is 0 Å². The van der Waals surface area contributed by atoms with Crippen molar-refractivity contribution in [1.82, 2.24) is 4.90 Å². The molecule has 15 heavy (non-hydrogen) atoms. The molecule has 0 bridgehead atoms. The highest BCUT2D eigenvalue weighted by atomic mass is 79.9. The molecule has 1 aliphatic rings. The molecule has 0 aromatic carbocycles. The molecule has 0 radical (unpaired) electrons. The second-order valence-corrected chi connectivity index (χ2v) is 7.21. The largest absolute Gasteiger partial charge is 0.295 e. The molecule has 2 rings (SSSR count). The van der Waals surface area contributed by atoms with E-state index in [-0.39, 0.29) is 0 Å². The van der Waals surface area contributed by atoms with Gasteiger partial charge < -0.3 is 0 Å². The zero-order valence-corrected chi connectivity index (χ0v) is 11.8. The summed E-state index contributed by atoms with van der Waals surface area (Å²) in [5.41, 5.74) is 0. The number of rotatable bonds is 2. The molecule has 1 fully saturated rings. The van der Waals surface area contributed by atoms with Crippen molar-refractivity contribution in [3.63, 3.8) is 0 Å². The van der Waals surface area contributed by atoms with Gasteiger partial charge in [-0.2, -0.15) is 0 Å². The SMILES string of the molecule is CC1CCC(C)N(Cc2ccc(Br)s2)C1. The van der Waals surface area contributed by atoms with Crippen LogP contribution in [0.1, 0.15) is 31.6 Å². The van der Waals surface area contributed by atoms with E-state index in [1.165, 1.54) is 28.0 Å². The van der Waals surface area contributed by atoms with Crippen molar-refractivity contribution in [2.45, 2.75) is 39.3 Å². The van der Waals surface area contributed by atoms with E-state index in [4.69, 9.17) is 0 Å². The van der Waals surface area contributed by atoms with Gasteiger partial charge in [-0.05, 0) is 53.7 Å². The van der Waals surface area contributed by atoms with Crippen molar-refractivity contribution >= 4 is 27.3 Å². The van der Waals surface area contributed by atoms with Gasteiger partial charge in [0.1, 0.15) is 0 Å². The Morgan fingerprint density at radius 2 is 2.20 bits per heavy atom. The minimum absolute atomic E-state index is 0.752. The summed E-state index contributed by atoms with van der Waals surface area (Å²) in [4.78, 5) is 4.09. The van der Waals surface area contributed by atoms with Crippen LogP contribution >= 0.6 is 27.3 Å². The van der Waals surface area contributed by atoms with Gasteiger partial charge in [0.15, 0.2) is 0 Å². The minimum atomic E-state index is 0.752. The molecular formula is C12H18BrNS. The number of hydrogen-bond acceptors (Lipinski definition) is 2. The Morgan fingerprint density at radius 1 is 1.40 bits per heavy atom. The second kappa shape index (κ2) is 4.98. The van der Waals surface area contributed by atoms with Gasteiger partial charge in [-0.15, -0.1) is 11.3 Å². The summed E-state index contributed by atoms with van der Waals surface area (Å²) in [5, 5.41) is 0. The van der Waals surface area contributed by atoms with Gasteiger partial charge in [-0.25, -0.2) is 0 Å². The van der Waals surface area contributed by atoms with E-state index in [2.05, 4.69) is 46.8 Å². The first-order valence-electron chi connectivity index (χ1n) is 5.63. The summed E-state index contributed by atoms with van der Waals surface area (Å²) in [6, 6.07) is 5.14. The van der Waals surface area contributed by atoms with Gasteiger partial charge in [0, 0.05) is 24.0 Å². The fourth-order valence-corrected chi connectivity index (χ4v) is 3.75. The Hall–Kier alpha value is 0.140. The fourth-order valence-electron chi connectivity index (χ4n) is 2.24. The Balaban J connectivity index is 1.98. The zero-order valence-electron chi connectivity index (χ0n) is 9.37. The molecule has 1 saturated heterocycles. The lowest BCUT2D eigenvalue weighted by molar-refractivity contribution is 0.118. The number of thiophene rings is 1. The van der Waals surface area contributed by atoms with Crippen LogP contribution in [0.25, 0.3) is 0 Å². The van der Waals surface area contributed by atoms with E-state index in [0.717, 1.165) is 18.5 Å². The van der Waals surface area contributed by atoms with E-state index in [1.807, 2.05) is 11.3 Å². The second-order valence-electron chi connectivity index (χ2n) is 4.67. The molecule has 1 nitrogen and oxygen atoms in total. The average Bonchev–Trinajstić information content (AvgIpc) is 2.58. The average molecular weight is 288 g/mol. The molecule has 0 aliphatic carbocycles. The van der Waals surface area contributed by atoms with Crippen LogP contribution in [0.5, 0.6) is 0 Å². The monoisotopic (exact) mass is 287 g/mol. The number of hydrogen-bond donors (Lipinski definition) is 0. The zero-order chi connectivity index (χ0) is 10.8. The number of nitrogens with zero attached hydrogens (tertiary/aromatic N) is 1. The Labute approximate surface area is 105 Å². The van der Waals surface area contributed by atoms with Crippen molar-refractivity contribution < 1.29 is 0 Å². The van der Waals surface area contributed by atoms with Crippen molar-refractivity contribution in [3.05, 3.63) is 20.8 Å². The van der Waals surface area contributed by atoms with Crippen molar-refractivity contribution in [2.24, 2.45) is 5.92 Å². The van der Waals surface area contributed by atoms with Gasteiger partial charge in [-0.1, -0.05) is 6.92 Å². The highest BCUT2D eigenvalue weighted by Crippen LogP contribution is 2.27. The van der Waals surface area contributed by atoms with E-state index in [1.54, 1.807) is 0 Å². The molecule has 0 saturated carbocycles. The maximum atomic E-state index is 3.52. The highest BCUT2D eigenvalue weighted by molar-refractivity contribution is 9.11. The van der Waals surface area contributed by atoms with E-state index >= 15 is 0 Å². The molecule has 2 heterocycles. The first-order valence-corrected chi connectivity index (χ1v) is 7.24.